The Morgan fingerprint density at radius 2 is 1.43 bits per heavy atom. The summed E-state index contributed by atoms with van der Waals surface area (Å²) in [5.41, 5.74) is 0.519. The molecule has 0 bridgehead atoms. The molecule has 0 radical (unpaired) electrons. The largest absolute Gasteiger partial charge is 0.393 e. The number of rotatable bonds is 8. The predicted octanol–water partition coefficient (Wildman–Crippen LogP) is 4.76. The molecule has 0 saturated heterocycles. The van der Waals surface area contributed by atoms with E-state index in [4.69, 9.17) is 18.9 Å². The van der Waals surface area contributed by atoms with Crippen molar-refractivity contribution in [2.24, 2.45) is 34.5 Å². The zero-order valence-electron chi connectivity index (χ0n) is 19.6. The minimum atomic E-state index is -0.172. The van der Waals surface area contributed by atoms with Crippen LogP contribution in [0.3, 0.4) is 0 Å². The Labute approximate surface area is 183 Å². The van der Waals surface area contributed by atoms with Crippen LogP contribution in [0, 0.1) is 34.5 Å². The monoisotopic (exact) mass is 424 g/mol. The first kappa shape index (κ1) is 23.0. The Balaban J connectivity index is 1.54. The lowest BCUT2D eigenvalue weighted by molar-refractivity contribution is -0.213. The van der Waals surface area contributed by atoms with Gasteiger partial charge in [0, 0.05) is 13.2 Å². The Bertz CT molecular complexity index is 570. The van der Waals surface area contributed by atoms with E-state index in [0.29, 0.717) is 50.7 Å². The van der Waals surface area contributed by atoms with Crippen LogP contribution < -0.4 is 0 Å². The Morgan fingerprint density at radius 3 is 2.17 bits per heavy atom. The SMILES string of the molecule is CCOCO[C@H]1C[C@@H]2[C@H](CC[C@]3(C)[C@@H](OCOCC)CC[C@@H]23)[C@@]2(C)CC[C@H](O)C[C@H]12. The molecule has 0 aromatic carbocycles. The summed E-state index contributed by atoms with van der Waals surface area (Å²) in [5, 5.41) is 10.5. The molecule has 0 unspecified atom stereocenters. The van der Waals surface area contributed by atoms with Gasteiger partial charge in [0.05, 0.1) is 18.3 Å². The number of hydrogen-bond donors (Lipinski definition) is 1. The van der Waals surface area contributed by atoms with Crippen molar-refractivity contribution in [3.05, 3.63) is 0 Å². The van der Waals surface area contributed by atoms with Crippen molar-refractivity contribution in [2.75, 3.05) is 26.8 Å². The summed E-state index contributed by atoms with van der Waals surface area (Å²) >= 11 is 0. The molecule has 0 aromatic heterocycles. The van der Waals surface area contributed by atoms with Gasteiger partial charge in [-0.1, -0.05) is 13.8 Å². The van der Waals surface area contributed by atoms with Gasteiger partial charge >= 0.3 is 0 Å². The maximum absolute atomic E-state index is 10.5. The first-order valence-electron chi connectivity index (χ1n) is 12.5. The summed E-state index contributed by atoms with van der Waals surface area (Å²) in [6.07, 6.45) is 9.37. The van der Waals surface area contributed by atoms with Gasteiger partial charge in [-0.2, -0.15) is 0 Å². The molecular formula is C25H44O5. The Hall–Kier alpha value is -0.200. The van der Waals surface area contributed by atoms with E-state index in [1.54, 1.807) is 0 Å². The van der Waals surface area contributed by atoms with E-state index in [-0.39, 0.29) is 23.0 Å². The minimum Gasteiger partial charge on any atom is -0.393 e. The highest BCUT2D eigenvalue weighted by atomic mass is 16.7. The molecule has 5 nitrogen and oxygen atoms in total. The standard InChI is InChI=1S/C25H44O5/c1-5-27-15-29-22-14-18-19-7-8-23(30-16-28-6-2)25(19,4)12-10-20(18)24(3)11-9-17(26)13-21(22)24/h17-23,26H,5-16H2,1-4H3/t17-,18-,19-,20-,21+,22-,23-,24+,25-/m0/s1. The van der Waals surface area contributed by atoms with Crippen molar-refractivity contribution in [2.45, 2.75) is 97.4 Å². The van der Waals surface area contributed by atoms with Gasteiger partial charge in [0.25, 0.3) is 0 Å². The molecule has 0 amide bonds. The average Bonchev–Trinajstić information content (AvgIpc) is 3.06. The molecule has 4 saturated carbocycles. The van der Waals surface area contributed by atoms with Gasteiger partial charge in [0.15, 0.2) is 0 Å². The molecule has 0 aromatic rings. The molecule has 4 aliphatic carbocycles. The van der Waals surface area contributed by atoms with Crippen molar-refractivity contribution in [1.82, 2.24) is 0 Å². The van der Waals surface area contributed by atoms with Crippen LogP contribution in [-0.2, 0) is 18.9 Å². The smallest absolute Gasteiger partial charge is 0.147 e. The zero-order chi connectivity index (χ0) is 21.4. The summed E-state index contributed by atoms with van der Waals surface area (Å²) in [6.45, 7) is 11.2. The fraction of sp³-hybridized carbons (Fsp3) is 1.00. The van der Waals surface area contributed by atoms with Crippen molar-refractivity contribution >= 4 is 0 Å². The zero-order valence-corrected chi connectivity index (χ0v) is 19.6. The van der Waals surface area contributed by atoms with Crippen LogP contribution in [-0.4, -0.2) is 50.2 Å². The minimum absolute atomic E-state index is 0.172. The number of ether oxygens (including phenoxy) is 4. The van der Waals surface area contributed by atoms with Crippen LogP contribution in [0.5, 0.6) is 0 Å². The molecule has 4 fully saturated rings. The van der Waals surface area contributed by atoms with E-state index in [9.17, 15) is 5.11 Å². The summed E-state index contributed by atoms with van der Waals surface area (Å²) in [5.74, 6) is 2.57. The first-order valence-corrected chi connectivity index (χ1v) is 12.5. The molecule has 0 spiro atoms. The molecule has 30 heavy (non-hydrogen) atoms. The number of aliphatic hydroxyl groups excluding tert-OH is 1. The van der Waals surface area contributed by atoms with Crippen LogP contribution in [0.1, 0.15) is 79.1 Å². The van der Waals surface area contributed by atoms with Crippen LogP contribution in [0.15, 0.2) is 0 Å². The highest BCUT2D eigenvalue weighted by Gasteiger charge is 2.62. The lowest BCUT2D eigenvalue weighted by Gasteiger charge is -2.62. The lowest BCUT2D eigenvalue weighted by atomic mass is 9.44. The third-order valence-electron chi connectivity index (χ3n) is 9.67. The first-order chi connectivity index (χ1) is 14.4. The highest BCUT2D eigenvalue weighted by molar-refractivity contribution is 5.11. The normalized spacial score (nSPS) is 48.1. The van der Waals surface area contributed by atoms with Gasteiger partial charge in [-0.15, -0.1) is 0 Å². The summed E-state index contributed by atoms with van der Waals surface area (Å²) < 4.78 is 23.7. The van der Waals surface area contributed by atoms with Crippen LogP contribution in [0.25, 0.3) is 0 Å². The van der Waals surface area contributed by atoms with E-state index >= 15 is 0 Å². The molecule has 174 valence electrons. The summed E-state index contributed by atoms with van der Waals surface area (Å²) in [7, 11) is 0. The second-order valence-corrected chi connectivity index (χ2v) is 10.9. The van der Waals surface area contributed by atoms with Gasteiger partial charge in [-0.25, -0.2) is 0 Å². The van der Waals surface area contributed by atoms with E-state index < -0.39 is 0 Å². The van der Waals surface area contributed by atoms with Gasteiger partial charge in [0.1, 0.15) is 13.6 Å². The molecule has 1 N–H and O–H groups in total. The number of aliphatic hydroxyl groups is 1. The fourth-order valence-corrected chi connectivity index (χ4v) is 8.09. The molecule has 0 heterocycles. The van der Waals surface area contributed by atoms with Gasteiger partial charge in [-0.3, -0.25) is 0 Å². The highest BCUT2D eigenvalue weighted by Crippen LogP contribution is 2.66. The van der Waals surface area contributed by atoms with Gasteiger partial charge < -0.3 is 24.1 Å². The second-order valence-electron chi connectivity index (χ2n) is 10.9. The maximum atomic E-state index is 10.5. The predicted molar refractivity (Wildman–Crippen MR) is 116 cm³/mol. The van der Waals surface area contributed by atoms with Gasteiger partial charge in [0.2, 0.25) is 0 Å². The molecule has 9 atom stereocenters. The van der Waals surface area contributed by atoms with Crippen molar-refractivity contribution in [3.63, 3.8) is 0 Å². The fourth-order valence-electron chi connectivity index (χ4n) is 8.09. The van der Waals surface area contributed by atoms with E-state index in [1.807, 2.05) is 13.8 Å². The third kappa shape index (κ3) is 3.98. The number of fused-ring (bicyclic) bond motifs is 5. The lowest BCUT2D eigenvalue weighted by Crippen LogP contribution is -2.59. The molecular weight excluding hydrogens is 380 g/mol. The molecule has 4 rings (SSSR count). The van der Waals surface area contributed by atoms with Crippen LogP contribution in [0.4, 0.5) is 0 Å². The van der Waals surface area contributed by atoms with Crippen molar-refractivity contribution in [3.8, 4) is 0 Å². The Morgan fingerprint density at radius 1 is 0.767 bits per heavy atom. The van der Waals surface area contributed by atoms with Crippen LogP contribution >= 0.6 is 0 Å². The van der Waals surface area contributed by atoms with E-state index in [0.717, 1.165) is 38.0 Å². The number of hydrogen-bond acceptors (Lipinski definition) is 5. The van der Waals surface area contributed by atoms with Crippen molar-refractivity contribution < 1.29 is 24.1 Å². The average molecular weight is 425 g/mol. The summed E-state index contributed by atoms with van der Waals surface area (Å²) in [4.78, 5) is 0. The van der Waals surface area contributed by atoms with Crippen molar-refractivity contribution in [1.29, 1.82) is 0 Å². The van der Waals surface area contributed by atoms with Gasteiger partial charge in [-0.05, 0) is 99.7 Å². The Kier molecular flexibility index (Phi) is 7.16. The quantitative estimate of drug-likeness (QED) is 0.450. The topological polar surface area (TPSA) is 57.2 Å². The molecule has 0 aliphatic heterocycles. The molecule has 4 aliphatic rings. The van der Waals surface area contributed by atoms with E-state index in [1.165, 1.54) is 19.3 Å². The second kappa shape index (κ2) is 9.35. The summed E-state index contributed by atoms with van der Waals surface area (Å²) in [6, 6.07) is 0. The van der Waals surface area contributed by atoms with E-state index in [2.05, 4.69) is 13.8 Å². The molecule has 5 heteroatoms. The third-order valence-corrected chi connectivity index (χ3v) is 9.67. The van der Waals surface area contributed by atoms with Crippen LogP contribution in [0.2, 0.25) is 0 Å². The maximum Gasteiger partial charge on any atom is 0.147 e.